The van der Waals surface area contributed by atoms with Gasteiger partial charge in [-0.25, -0.2) is 13.2 Å². The molecule has 1 heterocycles. The van der Waals surface area contributed by atoms with E-state index in [1.165, 1.54) is 35.7 Å². The highest BCUT2D eigenvalue weighted by Crippen LogP contribution is 2.27. The predicted octanol–water partition coefficient (Wildman–Crippen LogP) is 2.56. The molecular weight excluding hydrogens is 472 g/mol. The summed E-state index contributed by atoms with van der Waals surface area (Å²) in [4.78, 5) is 24.0. The molecule has 0 saturated carbocycles. The van der Waals surface area contributed by atoms with Crippen LogP contribution >= 0.6 is 11.6 Å². The minimum absolute atomic E-state index is 0.166. The molecule has 0 spiro atoms. The molecule has 0 unspecified atom stereocenters. The molecule has 1 aliphatic heterocycles. The average molecular weight is 495 g/mol. The van der Waals surface area contributed by atoms with Gasteiger partial charge in [-0.05, 0) is 42.0 Å². The number of methoxy groups -OCH3 is 1. The van der Waals surface area contributed by atoms with Crippen LogP contribution in [0.15, 0.2) is 53.4 Å². The first-order valence-corrected chi connectivity index (χ1v) is 11.8. The summed E-state index contributed by atoms with van der Waals surface area (Å²) in [5.41, 5.74) is 1.04. The minimum Gasteiger partial charge on any atom is -0.495 e. The number of esters is 1. The summed E-state index contributed by atoms with van der Waals surface area (Å²) < 4.78 is 41.8. The Morgan fingerprint density at radius 2 is 1.85 bits per heavy atom. The summed E-state index contributed by atoms with van der Waals surface area (Å²) in [5.74, 6) is -0.781. The van der Waals surface area contributed by atoms with Gasteiger partial charge in [0.25, 0.3) is 5.91 Å². The van der Waals surface area contributed by atoms with E-state index in [4.69, 9.17) is 25.8 Å². The maximum Gasteiger partial charge on any atom is 0.331 e. The van der Waals surface area contributed by atoms with E-state index in [0.29, 0.717) is 48.3 Å². The fraction of sp³-hybridized carbons (Fsp3) is 0.273. The van der Waals surface area contributed by atoms with Crippen molar-refractivity contribution in [1.82, 2.24) is 4.31 Å². The number of anilines is 1. The maximum atomic E-state index is 12.6. The molecular formula is C22H23ClN2O7S. The van der Waals surface area contributed by atoms with E-state index in [1.54, 1.807) is 24.3 Å². The lowest BCUT2D eigenvalue weighted by atomic mass is 10.2. The van der Waals surface area contributed by atoms with Crippen molar-refractivity contribution < 1.29 is 32.2 Å². The molecule has 0 bridgehead atoms. The van der Waals surface area contributed by atoms with Crippen LogP contribution in [-0.2, 0) is 29.1 Å². The van der Waals surface area contributed by atoms with Crippen molar-refractivity contribution in [2.45, 2.75) is 4.90 Å². The molecule has 0 atom stereocenters. The van der Waals surface area contributed by atoms with Crippen molar-refractivity contribution in [3.63, 3.8) is 0 Å². The second kappa shape index (κ2) is 11.3. The zero-order valence-corrected chi connectivity index (χ0v) is 19.4. The first-order valence-electron chi connectivity index (χ1n) is 9.96. The Bertz CT molecular complexity index is 1130. The highest BCUT2D eigenvalue weighted by Gasteiger charge is 2.25. The number of nitrogens with one attached hydrogen (secondary N) is 1. The van der Waals surface area contributed by atoms with Gasteiger partial charge in [-0.1, -0.05) is 23.7 Å². The molecule has 33 heavy (non-hydrogen) atoms. The molecule has 11 heteroatoms. The van der Waals surface area contributed by atoms with Gasteiger partial charge in [0.1, 0.15) is 5.75 Å². The number of hydrogen-bond acceptors (Lipinski definition) is 7. The number of carbonyl (C=O) groups excluding carboxylic acids is 2. The fourth-order valence-electron chi connectivity index (χ4n) is 2.98. The number of hydrogen-bond donors (Lipinski definition) is 1. The zero-order chi connectivity index (χ0) is 23.8. The Labute approximate surface area is 196 Å². The Morgan fingerprint density at radius 1 is 1.15 bits per heavy atom. The Kier molecular flexibility index (Phi) is 8.45. The van der Waals surface area contributed by atoms with E-state index in [2.05, 4.69) is 5.32 Å². The van der Waals surface area contributed by atoms with Gasteiger partial charge in [-0.2, -0.15) is 4.31 Å². The van der Waals surface area contributed by atoms with Gasteiger partial charge < -0.3 is 19.5 Å². The molecule has 0 aromatic heterocycles. The van der Waals surface area contributed by atoms with Crippen molar-refractivity contribution >= 4 is 45.3 Å². The highest BCUT2D eigenvalue weighted by molar-refractivity contribution is 7.89. The normalized spacial score (nSPS) is 14.7. The monoisotopic (exact) mass is 494 g/mol. The van der Waals surface area contributed by atoms with Gasteiger partial charge in [0.15, 0.2) is 6.61 Å². The van der Waals surface area contributed by atoms with E-state index < -0.39 is 28.5 Å². The quantitative estimate of drug-likeness (QED) is 0.443. The largest absolute Gasteiger partial charge is 0.495 e. The predicted molar refractivity (Wildman–Crippen MR) is 123 cm³/mol. The molecule has 2 aromatic carbocycles. The number of sulfonamides is 1. The third-order valence-corrected chi connectivity index (χ3v) is 6.89. The topological polar surface area (TPSA) is 111 Å². The van der Waals surface area contributed by atoms with Crippen LogP contribution in [0.25, 0.3) is 6.08 Å². The van der Waals surface area contributed by atoms with Crippen LogP contribution in [0.4, 0.5) is 5.69 Å². The smallest absolute Gasteiger partial charge is 0.331 e. The maximum absolute atomic E-state index is 12.6. The summed E-state index contributed by atoms with van der Waals surface area (Å²) in [6, 6.07) is 10.8. The van der Waals surface area contributed by atoms with Crippen molar-refractivity contribution in [1.29, 1.82) is 0 Å². The van der Waals surface area contributed by atoms with E-state index >= 15 is 0 Å². The molecule has 1 amide bonds. The Balaban J connectivity index is 1.50. The van der Waals surface area contributed by atoms with Crippen LogP contribution in [0, 0.1) is 0 Å². The molecule has 1 fully saturated rings. The molecule has 176 valence electrons. The van der Waals surface area contributed by atoms with Crippen LogP contribution in [0.1, 0.15) is 5.56 Å². The zero-order valence-electron chi connectivity index (χ0n) is 17.8. The van der Waals surface area contributed by atoms with Gasteiger partial charge in [-0.15, -0.1) is 0 Å². The third-order valence-electron chi connectivity index (χ3n) is 4.68. The number of carbonyl (C=O) groups is 2. The van der Waals surface area contributed by atoms with Gasteiger partial charge in [-0.3, -0.25) is 4.79 Å². The van der Waals surface area contributed by atoms with Crippen LogP contribution in [0.5, 0.6) is 5.75 Å². The second-order valence-electron chi connectivity index (χ2n) is 6.92. The van der Waals surface area contributed by atoms with Crippen LogP contribution < -0.4 is 10.1 Å². The number of morpholine rings is 1. The molecule has 9 nitrogen and oxygen atoms in total. The summed E-state index contributed by atoms with van der Waals surface area (Å²) in [7, 11) is -2.10. The molecule has 1 saturated heterocycles. The lowest BCUT2D eigenvalue weighted by molar-refractivity contribution is -0.142. The first kappa shape index (κ1) is 24.7. The van der Waals surface area contributed by atoms with Crippen LogP contribution in [-0.4, -0.2) is 64.6 Å². The lowest BCUT2D eigenvalue weighted by Crippen LogP contribution is -2.40. The van der Waals surface area contributed by atoms with Gasteiger partial charge in [0.05, 0.1) is 30.2 Å². The molecule has 2 aromatic rings. The van der Waals surface area contributed by atoms with Crippen molar-refractivity contribution in [3.05, 3.63) is 59.1 Å². The first-order chi connectivity index (χ1) is 15.8. The van der Waals surface area contributed by atoms with Gasteiger partial charge in [0.2, 0.25) is 10.0 Å². The Morgan fingerprint density at radius 3 is 2.48 bits per heavy atom. The van der Waals surface area contributed by atoms with E-state index in [0.717, 1.165) is 6.08 Å². The van der Waals surface area contributed by atoms with Gasteiger partial charge in [0, 0.05) is 24.9 Å². The number of ether oxygens (including phenoxy) is 3. The van der Waals surface area contributed by atoms with Crippen molar-refractivity contribution in [2.24, 2.45) is 0 Å². The van der Waals surface area contributed by atoms with Crippen molar-refractivity contribution in [2.75, 3.05) is 45.3 Å². The Hall–Kier alpha value is -2.92. The average Bonchev–Trinajstić information content (AvgIpc) is 2.82. The lowest BCUT2D eigenvalue weighted by Gasteiger charge is -2.26. The SMILES string of the molecule is COc1ccc(NC(=O)COC(=O)/C=C/c2ccc(S(=O)(=O)N3CCOCC3)cc2)cc1Cl. The summed E-state index contributed by atoms with van der Waals surface area (Å²) >= 11 is 6.00. The summed E-state index contributed by atoms with van der Waals surface area (Å²) in [6.45, 7) is 0.884. The number of rotatable bonds is 8. The van der Waals surface area contributed by atoms with Crippen molar-refractivity contribution in [3.8, 4) is 5.75 Å². The molecule has 0 radical (unpaired) electrons. The minimum atomic E-state index is -3.58. The standard InChI is InChI=1S/C22H23ClN2O7S/c1-30-20-8-5-17(14-19(20)23)24-21(26)15-32-22(27)9-4-16-2-6-18(7-3-16)33(28,29)25-10-12-31-13-11-25/h2-9,14H,10-13,15H2,1H3,(H,24,26)/b9-4+. The fourth-order valence-corrected chi connectivity index (χ4v) is 4.64. The van der Waals surface area contributed by atoms with E-state index in [-0.39, 0.29) is 4.90 Å². The molecule has 0 aliphatic carbocycles. The summed E-state index contributed by atoms with van der Waals surface area (Å²) in [6.07, 6.45) is 2.62. The molecule has 1 aliphatic rings. The number of nitrogens with zero attached hydrogens (tertiary/aromatic N) is 1. The van der Waals surface area contributed by atoms with Crippen LogP contribution in [0.3, 0.4) is 0 Å². The third kappa shape index (κ3) is 6.78. The summed E-state index contributed by atoms with van der Waals surface area (Å²) in [5, 5.41) is 2.89. The van der Waals surface area contributed by atoms with E-state index in [9.17, 15) is 18.0 Å². The number of benzene rings is 2. The van der Waals surface area contributed by atoms with Gasteiger partial charge >= 0.3 is 5.97 Å². The second-order valence-corrected chi connectivity index (χ2v) is 9.27. The molecule has 3 rings (SSSR count). The van der Waals surface area contributed by atoms with Crippen LogP contribution in [0.2, 0.25) is 5.02 Å². The molecule has 1 N–H and O–H groups in total. The number of amides is 1. The highest BCUT2D eigenvalue weighted by atomic mass is 35.5. The van der Waals surface area contributed by atoms with E-state index in [1.807, 2.05) is 0 Å². The number of halogens is 1.